The van der Waals surface area contributed by atoms with E-state index in [4.69, 9.17) is 0 Å². The molecule has 6 heteroatoms. The van der Waals surface area contributed by atoms with Crippen LogP contribution in [-0.4, -0.2) is 30.0 Å². The average Bonchev–Trinajstić information content (AvgIpc) is 2.28. The molecule has 0 saturated carbocycles. The molecule has 16 heavy (non-hydrogen) atoms. The van der Waals surface area contributed by atoms with Crippen LogP contribution < -0.4 is 5.32 Å². The highest BCUT2D eigenvalue weighted by Gasteiger charge is 2.18. The Balaban J connectivity index is 2.73. The van der Waals surface area contributed by atoms with E-state index in [0.29, 0.717) is 4.47 Å². The lowest BCUT2D eigenvalue weighted by Gasteiger charge is -2.11. The Kier molecular flexibility index (Phi) is 4.42. The van der Waals surface area contributed by atoms with E-state index >= 15 is 0 Å². The predicted octanol–water partition coefficient (Wildman–Crippen LogP) is 1.14. The van der Waals surface area contributed by atoms with Crippen molar-refractivity contribution in [2.45, 2.75) is 13.0 Å². The van der Waals surface area contributed by atoms with E-state index in [0.717, 1.165) is 0 Å². The van der Waals surface area contributed by atoms with Crippen molar-refractivity contribution >= 4 is 27.8 Å². The summed E-state index contributed by atoms with van der Waals surface area (Å²) >= 11 is 3.20. The van der Waals surface area contributed by atoms with Gasteiger partial charge in [0.15, 0.2) is 0 Å². The number of nitrogens with zero attached hydrogens (tertiary/aromatic N) is 1. The van der Waals surface area contributed by atoms with Gasteiger partial charge in [0.25, 0.3) is 5.91 Å². The molecule has 0 aliphatic carbocycles. The standard InChI is InChI=1S/C10H11BrN2O3/c1-6(10(15)16-2)13-9(14)8-7(11)4-3-5-12-8/h3-6H,1-2H3,(H,13,14). The zero-order chi connectivity index (χ0) is 12.1. The predicted molar refractivity (Wildman–Crippen MR) is 60.9 cm³/mol. The minimum Gasteiger partial charge on any atom is -0.467 e. The van der Waals surface area contributed by atoms with Crippen LogP contribution in [0.2, 0.25) is 0 Å². The lowest BCUT2D eigenvalue weighted by atomic mass is 10.3. The molecular formula is C10H11BrN2O3. The van der Waals surface area contributed by atoms with E-state index < -0.39 is 17.9 Å². The van der Waals surface area contributed by atoms with Crippen molar-refractivity contribution in [2.24, 2.45) is 0 Å². The molecule has 1 aromatic rings. The number of nitrogens with one attached hydrogen (secondary N) is 1. The molecule has 0 spiro atoms. The van der Waals surface area contributed by atoms with Crippen molar-refractivity contribution in [3.63, 3.8) is 0 Å². The molecule has 5 nitrogen and oxygen atoms in total. The maximum atomic E-state index is 11.7. The summed E-state index contributed by atoms with van der Waals surface area (Å²) in [5.41, 5.74) is 0.234. The highest BCUT2D eigenvalue weighted by atomic mass is 79.9. The summed E-state index contributed by atoms with van der Waals surface area (Å²) in [6, 6.07) is 2.70. The molecule has 1 amide bonds. The van der Waals surface area contributed by atoms with Gasteiger partial charge in [-0.1, -0.05) is 0 Å². The Bertz CT molecular complexity index is 409. The van der Waals surface area contributed by atoms with Gasteiger partial charge in [-0.3, -0.25) is 4.79 Å². The van der Waals surface area contributed by atoms with Crippen LogP contribution in [0.1, 0.15) is 17.4 Å². The van der Waals surface area contributed by atoms with Crippen molar-refractivity contribution in [3.8, 4) is 0 Å². The fraction of sp³-hybridized carbons (Fsp3) is 0.300. The lowest BCUT2D eigenvalue weighted by Crippen LogP contribution is -2.39. The summed E-state index contributed by atoms with van der Waals surface area (Å²) in [6.45, 7) is 1.54. The molecule has 1 atom stereocenters. The van der Waals surface area contributed by atoms with Crippen LogP contribution in [0.5, 0.6) is 0 Å². The minimum absolute atomic E-state index is 0.234. The van der Waals surface area contributed by atoms with Crippen LogP contribution in [0.25, 0.3) is 0 Å². The molecule has 1 heterocycles. The lowest BCUT2D eigenvalue weighted by molar-refractivity contribution is -0.142. The monoisotopic (exact) mass is 286 g/mol. The van der Waals surface area contributed by atoms with Crippen LogP contribution in [0, 0.1) is 0 Å². The molecule has 0 aliphatic heterocycles. The summed E-state index contributed by atoms with van der Waals surface area (Å²) in [7, 11) is 1.27. The number of hydrogen-bond acceptors (Lipinski definition) is 4. The quantitative estimate of drug-likeness (QED) is 0.846. The Morgan fingerprint density at radius 1 is 1.56 bits per heavy atom. The van der Waals surface area contributed by atoms with E-state index in [1.165, 1.54) is 13.3 Å². The minimum atomic E-state index is -0.702. The molecule has 0 radical (unpaired) electrons. The Morgan fingerprint density at radius 3 is 2.81 bits per heavy atom. The number of carbonyl (C=O) groups excluding carboxylic acids is 2. The summed E-state index contributed by atoms with van der Waals surface area (Å²) in [5, 5.41) is 2.48. The van der Waals surface area contributed by atoms with E-state index in [-0.39, 0.29) is 5.69 Å². The zero-order valence-corrected chi connectivity index (χ0v) is 10.4. The second-order valence-electron chi connectivity index (χ2n) is 3.05. The Labute approximate surface area is 101 Å². The summed E-state index contributed by atoms with van der Waals surface area (Å²) in [4.78, 5) is 26.7. The second-order valence-corrected chi connectivity index (χ2v) is 3.91. The molecule has 0 aromatic carbocycles. The first-order valence-corrected chi connectivity index (χ1v) is 5.34. The van der Waals surface area contributed by atoms with Crippen LogP contribution in [0.3, 0.4) is 0 Å². The smallest absolute Gasteiger partial charge is 0.328 e. The first kappa shape index (κ1) is 12.6. The van der Waals surface area contributed by atoms with E-state index in [1.807, 2.05) is 0 Å². The number of esters is 1. The number of aromatic nitrogens is 1. The molecule has 1 rings (SSSR count). The SMILES string of the molecule is COC(=O)C(C)NC(=O)c1ncccc1Br. The van der Waals surface area contributed by atoms with Gasteiger partial charge in [-0.25, -0.2) is 9.78 Å². The van der Waals surface area contributed by atoms with Crippen molar-refractivity contribution in [1.29, 1.82) is 0 Å². The topological polar surface area (TPSA) is 68.3 Å². The van der Waals surface area contributed by atoms with Gasteiger partial charge in [-0.15, -0.1) is 0 Å². The molecule has 0 saturated heterocycles. The second kappa shape index (κ2) is 5.60. The van der Waals surface area contributed by atoms with Crippen molar-refractivity contribution < 1.29 is 14.3 Å². The normalized spacial score (nSPS) is 11.7. The number of hydrogen-bond donors (Lipinski definition) is 1. The molecule has 0 aliphatic rings. The maximum Gasteiger partial charge on any atom is 0.328 e. The van der Waals surface area contributed by atoms with Gasteiger partial charge in [0.1, 0.15) is 11.7 Å². The van der Waals surface area contributed by atoms with E-state index in [1.54, 1.807) is 19.1 Å². The van der Waals surface area contributed by atoms with Gasteiger partial charge < -0.3 is 10.1 Å². The van der Waals surface area contributed by atoms with Crippen molar-refractivity contribution in [1.82, 2.24) is 10.3 Å². The number of methoxy groups -OCH3 is 1. The van der Waals surface area contributed by atoms with Gasteiger partial charge in [-0.05, 0) is 35.0 Å². The first-order valence-electron chi connectivity index (χ1n) is 4.55. The highest BCUT2D eigenvalue weighted by Crippen LogP contribution is 2.12. The number of amides is 1. The average molecular weight is 287 g/mol. The maximum absolute atomic E-state index is 11.7. The first-order chi connectivity index (χ1) is 7.56. The fourth-order valence-corrected chi connectivity index (χ4v) is 1.49. The van der Waals surface area contributed by atoms with Gasteiger partial charge in [-0.2, -0.15) is 0 Å². The van der Waals surface area contributed by atoms with E-state index in [9.17, 15) is 9.59 Å². The van der Waals surface area contributed by atoms with Crippen molar-refractivity contribution in [3.05, 3.63) is 28.5 Å². The van der Waals surface area contributed by atoms with E-state index in [2.05, 4.69) is 31.0 Å². The van der Waals surface area contributed by atoms with Gasteiger partial charge in [0.05, 0.1) is 7.11 Å². The van der Waals surface area contributed by atoms with Gasteiger partial charge in [0.2, 0.25) is 0 Å². The summed E-state index contributed by atoms with van der Waals surface area (Å²) < 4.78 is 5.07. The third kappa shape index (κ3) is 3.03. The van der Waals surface area contributed by atoms with Crippen LogP contribution in [-0.2, 0) is 9.53 Å². The van der Waals surface area contributed by atoms with Crippen molar-refractivity contribution in [2.75, 3.05) is 7.11 Å². The number of halogens is 1. The number of carbonyl (C=O) groups is 2. The van der Waals surface area contributed by atoms with Crippen LogP contribution >= 0.6 is 15.9 Å². The zero-order valence-electron chi connectivity index (χ0n) is 8.86. The molecular weight excluding hydrogens is 276 g/mol. The molecule has 1 aromatic heterocycles. The van der Waals surface area contributed by atoms with Gasteiger partial charge in [0, 0.05) is 10.7 Å². The third-order valence-electron chi connectivity index (χ3n) is 1.88. The third-order valence-corrected chi connectivity index (χ3v) is 2.52. The van der Waals surface area contributed by atoms with Crippen LogP contribution in [0.15, 0.2) is 22.8 Å². The number of ether oxygens (including phenoxy) is 1. The largest absolute Gasteiger partial charge is 0.467 e. The Hall–Kier alpha value is -1.43. The summed E-state index contributed by atoms with van der Waals surface area (Å²) in [6.07, 6.45) is 1.50. The summed E-state index contributed by atoms with van der Waals surface area (Å²) in [5.74, 6) is -0.925. The Morgan fingerprint density at radius 2 is 2.25 bits per heavy atom. The number of rotatable bonds is 3. The van der Waals surface area contributed by atoms with Crippen LogP contribution in [0.4, 0.5) is 0 Å². The molecule has 1 unspecified atom stereocenters. The molecule has 1 N–H and O–H groups in total. The molecule has 0 bridgehead atoms. The molecule has 0 fully saturated rings. The number of pyridine rings is 1. The fourth-order valence-electron chi connectivity index (χ4n) is 1.05. The van der Waals surface area contributed by atoms with Gasteiger partial charge >= 0.3 is 5.97 Å². The molecule has 86 valence electrons. The highest BCUT2D eigenvalue weighted by molar-refractivity contribution is 9.10.